The number of nitrogens with zero attached hydrogens (tertiary/aromatic N) is 2. The predicted molar refractivity (Wildman–Crippen MR) is 53.0 cm³/mol. The molecule has 1 aromatic rings. The molecule has 0 spiro atoms. The van der Waals surface area contributed by atoms with Gasteiger partial charge in [0.2, 0.25) is 0 Å². The van der Waals surface area contributed by atoms with E-state index in [1.54, 1.807) is 24.3 Å². The second-order valence-electron chi connectivity index (χ2n) is 2.08. The first-order chi connectivity index (χ1) is 5.34. The van der Waals surface area contributed by atoms with Crippen molar-refractivity contribution < 1.29 is 0 Å². The maximum Gasteiger partial charge on any atom is 0.145 e. The van der Waals surface area contributed by atoms with E-state index in [1.165, 1.54) is 0 Å². The summed E-state index contributed by atoms with van der Waals surface area (Å²) >= 11 is 6.81. The Morgan fingerprint density at radius 3 is 3.09 bits per heavy atom. The molecule has 1 aromatic heterocycles. The Hall–Kier alpha value is -0.350. The zero-order valence-corrected chi connectivity index (χ0v) is 7.99. The van der Waals surface area contributed by atoms with Crippen molar-refractivity contribution in [3.8, 4) is 0 Å². The van der Waals surface area contributed by atoms with Gasteiger partial charge in [0, 0.05) is 18.1 Å². The first kappa shape index (κ1) is 8.74. The standard InChI is InChI=1S/C7H10N2S2/c1-2-5-11-7(10)9-4-3-8-6-9/h3-4,6H,2,5H2,1H3. The fourth-order valence-electron chi connectivity index (χ4n) is 0.631. The van der Waals surface area contributed by atoms with E-state index in [-0.39, 0.29) is 0 Å². The highest BCUT2D eigenvalue weighted by atomic mass is 32.2. The van der Waals surface area contributed by atoms with Crippen LogP contribution in [0.25, 0.3) is 0 Å². The van der Waals surface area contributed by atoms with Crippen LogP contribution in [0.4, 0.5) is 0 Å². The van der Waals surface area contributed by atoms with Gasteiger partial charge in [-0.3, -0.25) is 4.57 Å². The molecule has 0 aliphatic carbocycles. The molecule has 0 saturated carbocycles. The van der Waals surface area contributed by atoms with Crippen LogP contribution in [0, 0.1) is 0 Å². The maximum absolute atomic E-state index is 5.13. The van der Waals surface area contributed by atoms with Gasteiger partial charge in [-0.1, -0.05) is 30.9 Å². The van der Waals surface area contributed by atoms with E-state index in [4.69, 9.17) is 12.2 Å². The first-order valence-electron chi connectivity index (χ1n) is 3.49. The average molecular weight is 186 g/mol. The van der Waals surface area contributed by atoms with Crippen molar-refractivity contribution in [2.24, 2.45) is 0 Å². The number of hydrogen-bond acceptors (Lipinski definition) is 3. The molecular formula is C7H10N2S2. The molecule has 1 rings (SSSR count). The number of rotatable bonds is 2. The van der Waals surface area contributed by atoms with Crippen LogP contribution in [-0.4, -0.2) is 19.6 Å². The van der Waals surface area contributed by atoms with Crippen LogP contribution in [-0.2, 0) is 0 Å². The van der Waals surface area contributed by atoms with E-state index in [9.17, 15) is 0 Å². The summed E-state index contributed by atoms with van der Waals surface area (Å²) in [7, 11) is 0. The third kappa shape index (κ3) is 2.63. The lowest BCUT2D eigenvalue weighted by Crippen LogP contribution is -2.01. The molecule has 0 unspecified atom stereocenters. The summed E-state index contributed by atoms with van der Waals surface area (Å²) in [6.07, 6.45) is 6.48. The molecule has 0 aliphatic rings. The molecule has 0 atom stereocenters. The maximum atomic E-state index is 5.13. The predicted octanol–water partition coefficient (Wildman–Crippen LogP) is 2.16. The van der Waals surface area contributed by atoms with Gasteiger partial charge in [0.15, 0.2) is 0 Å². The molecule has 0 radical (unpaired) electrons. The molecule has 2 nitrogen and oxygen atoms in total. The third-order valence-electron chi connectivity index (χ3n) is 1.14. The van der Waals surface area contributed by atoms with E-state index in [1.807, 2.05) is 10.8 Å². The van der Waals surface area contributed by atoms with Crippen molar-refractivity contribution in [1.82, 2.24) is 9.55 Å². The zero-order valence-electron chi connectivity index (χ0n) is 6.36. The highest BCUT2D eigenvalue weighted by molar-refractivity contribution is 8.23. The van der Waals surface area contributed by atoms with Gasteiger partial charge in [-0.25, -0.2) is 4.98 Å². The minimum Gasteiger partial charge on any atom is -0.291 e. The fraction of sp³-hybridized carbons (Fsp3) is 0.429. The van der Waals surface area contributed by atoms with Gasteiger partial charge in [0.05, 0.1) is 0 Å². The van der Waals surface area contributed by atoms with Gasteiger partial charge in [-0.2, -0.15) is 0 Å². The number of hydrogen-bond donors (Lipinski definition) is 0. The molecule has 11 heavy (non-hydrogen) atoms. The van der Waals surface area contributed by atoms with Crippen molar-refractivity contribution >= 4 is 28.3 Å². The van der Waals surface area contributed by atoms with Gasteiger partial charge in [0.1, 0.15) is 10.6 Å². The first-order valence-corrected chi connectivity index (χ1v) is 4.89. The molecule has 0 N–H and O–H groups in total. The molecule has 1 heterocycles. The Kier molecular flexibility index (Phi) is 3.59. The normalized spacial score (nSPS) is 9.91. The van der Waals surface area contributed by atoms with E-state index < -0.39 is 0 Å². The Labute approximate surface area is 76.0 Å². The lowest BCUT2D eigenvalue weighted by molar-refractivity contribution is 1.11. The minimum absolute atomic E-state index is 0.879. The van der Waals surface area contributed by atoms with E-state index in [2.05, 4.69) is 11.9 Å². The average Bonchev–Trinajstić information content (AvgIpc) is 2.52. The molecule has 60 valence electrons. The lowest BCUT2D eigenvalue weighted by Gasteiger charge is -2.00. The van der Waals surface area contributed by atoms with Crippen molar-refractivity contribution in [1.29, 1.82) is 0 Å². The molecular weight excluding hydrogens is 176 g/mol. The summed E-state index contributed by atoms with van der Waals surface area (Å²) in [5.74, 6) is 1.08. The monoisotopic (exact) mass is 186 g/mol. The second-order valence-corrected chi connectivity index (χ2v) is 3.81. The van der Waals surface area contributed by atoms with Gasteiger partial charge in [0.25, 0.3) is 0 Å². The molecule has 0 bridgehead atoms. The Bertz CT molecular complexity index is 218. The van der Waals surface area contributed by atoms with Gasteiger partial charge < -0.3 is 0 Å². The van der Waals surface area contributed by atoms with E-state index >= 15 is 0 Å². The Morgan fingerprint density at radius 2 is 2.55 bits per heavy atom. The summed E-state index contributed by atoms with van der Waals surface area (Å²) in [5, 5.41) is 0. The number of thiocarbonyl (C=S) groups is 1. The lowest BCUT2D eigenvalue weighted by atomic mass is 10.6. The zero-order chi connectivity index (χ0) is 8.10. The summed E-state index contributed by atoms with van der Waals surface area (Å²) in [5.41, 5.74) is 0. The van der Waals surface area contributed by atoms with Crippen molar-refractivity contribution in [3.05, 3.63) is 18.7 Å². The molecule has 0 aromatic carbocycles. The number of imidazole rings is 1. The smallest absolute Gasteiger partial charge is 0.145 e. The van der Waals surface area contributed by atoms with Crippen molar-refractivity contribution in [3.63, 3.8) is 0 Å². The quantitative estimate of drug-likeness (QED) is 0.659. The molecule has 0 saturated heterocycles. The van der Waals surface area contributed by atoms with Gasteiger partial charge >= 0.3 is 0 Å². The third-order valence-corrected chi connectivity index (χ3v) is 2.78. The SMILES string of the molecule is CCCSC(=S)n1ccnc1. The van der Waals surface area contributed by atoms with Crippen LogP contribution < -0.4 is 0 Å². The van der Waals surface area contributed by atoms with Crippen LogP contribution in [0.2, 0.25) is 0 Å². The van der Waals surface area contributed by atoms with Gasteiger partial charge in [-0.15, -0.1) is 0 Å². The summed E-state index contributed by atoms with van der Waals surface area (Å²) < 4.78 is 2.74. The molecule has 0 amide bonds. The summed E-state index contributed by atoms with van der Waals surface area (Å²) in [6, 6.07) is 0. The number of thioether (sulfide) groups is 1. The van der Waals surface area contributed by atoms with Crippen LogP contribution in [0.1, 0.15) is 13.3 Å². The molecule has 0 aliphatic heterocycles. The Morgan fingerprint density at radius 1 is 1.73 bits per heavy atom. The second kappa shape index (κ2) is 4.51. The van der Waals surface area contributed by atoms with Crippen LogP contribution in [0.5, 0.6) is 0 Å². The highest BCUT2D eigenvalue weighted by Crippen LogP contribution is 2.07. The van der Waals surface area contributed by atoms with Crippen molar-refractivity contribution in [2.75, 3.05) is 5.75 Å². The topological polar surface area (TPSA) is 17.8 Å². The molecule has 4 heteroatoms. The van der Waals surface area contributed by atoms with Crippen LogP contribution >= 0.6 is 24.0 Å². The van der Waals surface area contributed by atoms with E-state index in [0.29, 0.717) is 0 Å². The van der Waals surface area contributed by atoms with Crippen LogP contribution in [0.15, 0.2) is 18.7 Å². The van der Waals surface area contributed by atoms with E-state index in [0.717, 1.165) is 16.5 Å². The number of aromatic nitrogens is 2. The summed E-state index contributed by atoms with van der Waals surface area (Å²) in [6.45, 7) is 2.14. The summed E-state index contributed by atoms with van der Waals surface area (Å²) in [4.78, 5) is 3.91. The minimum atomic E-state index is 0.879. The Balaban J connectivity index is 2.43. The fourth-order valence-corrected chi connectivity index (χ4v) is 1.62. The van der Waals surface area contributed by atoms with Crippen LogP contribution in [0.3, 0.4) is 0 Å². The molecule has 0 fully saturated rings. The highest BCUT2D eigenvalue weighted by Gasteiger charge is 1.97. The van der Waals surface area contributed by atoms with Crippen molar-refractivity contribution in [2.45, 2.75) is 13.3 Å². The largest absolute Gasteiger partial charge is 0.291 e. The van der Waals surface area contributed by atoms with Gasteiger partial charge in [-0.05, 0) is 6.42 Å².